The van der Waals surface area contributed by atoms with E-state index in [1.54, 1.807) is 29.9 Å². The summed E-state index contributed by atoms with van der Waals surface area (Å²) >= 11 is 7.35. The van der Waals surface area contributed by atoms with Gasteiger partial charge in [0.25, 0.3) is 5.56 Å². The van der Waals surface area contributed by atoms with Gasteiger partial charge in [0.1, 0.15) is 5.75 Å². The van der Waals surface area contributed by atoms with E-state index in [1.807, 2.05) is 24.3 Å². The fourth-order valence-corrected chi connectivity index (χ4v) is 4.19. The van der Waals surface area contributed by atoms with Crippen molar-refractivity contribution in [2.24, 2.45) is 0 Å². The normalized spacial score (nSPS) is 10.9. The number of benzene rings is 2. The van der Waals surface area contributed by atoms with Crippen molar-refractivity contribution in [1.82, 2.24) is 14.9 Å². The predicted octanol–water partition coefficient (Wildman–Crippen LogP) is 4.66. The summed E-state index contributed by atoms with van der Waals surface area (Å²) in [7, 11) is 1.61. The van der Waals surface area contributed by atoms with Crippen molar-refractivity contribution in [2.75, 3.05) is 12.9 Å². The molecule has 0 radical (unpaired) electrons. The van der Waals surface area contributed by atoms with Gasteiger partial charge in [0, 0.05) is 18.1 Å². The minimum atomic E-state index is -0.131. The summed E-state index contributed by atoms with van der Waals surface area (Å²) in [6.07, 6.45) is 2.96. The molecule has 0 fully saturated rings. The molecule has 0 spiro atoms. The molecule has 1 aromatic heterocycles. The maximum Gasteiger partial charge on any atom is 0.262 e. The Bertz CT molecular complexity index is 1120. The average molecular weight is 460 g/mol. The van der Waals surface area contributed by atoms with E-state index in [0.29, 0.717) is 34.2 Å². The molecule has 0 saturated heterocycles. The largest absolute Gasteiger partial charge is 0.497 e. The standard InChI is InChI=1S/C23H26ClN3O3S/c1-3-4-5-11-27-22(29)19-10-9-17(24)13-20(19)26-23(27)31-15-21(28)25-14-16-7-6-8-18(12-16)30-2/h6-10,12-13H,3-5,11,14-15H2,1-2H3,(H,25,28). The Morgan fingerprint density at radius 3 is 2.84 bits per heavy atom. The Balaban J connectivity index is 1.73. The summed E-state index contributed by atoms with van der Waals surface area (Å²) in [5, 5.41) is 4.49. The van der Waals surface area contributed by atoms with Crippen molar-refractivity contribution in [3.8, 4) is 5.75 Å². The van der Waals surface area contributed by atoms with Crippen LogP contribution in [-0.2, 0) is 17.9 Å². The van der Waals surface area contributed by atoms with Crippen molar-refractivity contribution >= 4 is 40.2 Å². The zero-order valence-electron chi connectivity index (χ0n) is 17.7. The van der Waals surface area contributed by atoms with Gasteiger partial charge in [0.2, 0.25) is 5.91 Å². The van der Waals surface area contributed by atoms with Crippen LogP contribution in [0.25, 0.3) is 10.9 Å². The number of halogens is 1. The highest BCUT2D eigenvalue weighted by Gasteiger charge is 2.14. The maximum absolute atomic E-state index is 13.0. The van der Waals surface area contributed by atoms with E-state index in [4.69, 9.17) is 16.3 Å². The number of aromatic nitrogens is 2. The third-order valence-electron chi connectivity index (χ3n) is 4.82. The van der Waals surface area contributed by atoms with Crippen LogP contribution in [0.4, 0.5) is 0 Å². The lowest BCUT2D eigenvalue weighted by Gasteiger charge is -2.13. The lowest BCUT2D eigenvalue weighted by molar-refractivity contribution is -0.118. The molecule has 1 amide bonds. The van der Waals surface area contributed by atoms with E-state index in [9.17, 15) is 9.59 Å². The van der Waals surface area contributed by atoms with Crippen molar-refractivity contribution in [3.63, 3.8) is 0 Å². The number of fused-ring (bicyclic) bond motifs is 1. The molecule has 0 bridgehead atoms. The molecule has 1 N–H and O–H groups in total. The van der Waals surface area contributed by atoms with Crippen LogP contribution in [0.3, 0.4) is 0 Å². The van der Waals surface area contributed by atoms with Crippen LogP contribution in [-0.4, -0.2) is 28.3 Å². The van der Waals surface area contributed by atoms with E-state index in [-0.39, 0.29) is 17.2 Å². The topological polar surface area (TPSA) is 73.2 Å². The first-order valence-corrected chi connectivity index (χ1v) is 11.6. The molecular weight excluding hydrogens is 434 g/mol. The predicted molar refractivity (Wildman–Crippen MR) is 126 cm³/mol. The molecule has 31 heavy (non-hydrogen) atoms. The summed E-state index contributed by atoms with van der Waals surface area (Å²) in [5.41, 5.74) is 1.40. The average Bonchev–Trinajstić information content (AvgIpc) is 2.78. The van der Waals surface area contributed by atoms with E-state index >= 15 is 0 Å². The number of ether oxygens (including phenoxy) is 1. The molecule has 1 heterocycles. The molecule has 0 aliphatic heterocycles. The number of carbonyl (C=O) groups excluding carboxylic acids is 1. The quantitative estimate of drug-likeness (QED) is 0.271. The van der Waals surface area contributed by atoms with Gasteiger partial charge >= 0.3 is 0 Å². The molecular formula is C23H26ClN3O3S. The Labute approximate surface area is 191 Å². The number of methoxy groups -OCH3 is 1. The number of nitrogens with zero attached hydrogens (tertiary/aromatic N) is 2. The number of nitrogens with one attached hydrogen (secondary N) is 1. The number of rotatable bonds is 10. The summed E-state index contributed by atoms with van der Waals surface area (Å²) in [5.74, 6) is 0.778. The van der Waals surface area contributed by atoms with Gasteiger partial charge in [-0.2, -0.15) is 0 Å². The maximum atomic E-state index is 13.0. The van der Waals surface area contributed by atoms with Crippen LogP contribution in [0.15, 0.2) is 52.4 Å². The van der Waals surface area contributed by atoms with Crippen molar-refractivity contribution < 1.29 is 9.53 Å². The van der Waals surface area contributed by atoms with Crippen molar-refractivity contribution in [2.45, 2.75) is 44.4 Å². The van der Waals surface area contributed by atoms with E-state index in [0.717, 1.165) is 30.6 Å². The number of thioether (sulfide) groups is 1. The number of unbranched alkanes of at least 4 members (excludes halogenated alkanes) is 2. The van der Waals surface area contributed by atoms with Gasteiger partial charge < -0.3 is 10.1 Å². The first kappa shape index (κ1) is 23.2. The highest BCUT2D eigenvalue weighted by molar-refractivity contribution is 7.99. The van der Waals surface area contributed by atoms with Crippen LogP contribution in [0.5, 0.6) is 5.75 Å². The van der Waals surface area contributed by atoms with Crippen LogP contribution >= 0.6 is 23.4 Å². The van der Waals surface area contributed by atoms with Gasteiger partial charge in [-0.1, -0.05) is 55.3 Å². The zero-order chi connectivity index (χ0) is 22.2. The van der Waals surface area contributed by atoms with Crippen LogP contribution < -0.4 is 15.6 Å². The highest BCUT2D eigenvalue weighted by atomic mass is 35.5. The smallest absolute Gasteiger partial charge is 0.262 e. The van der Waals surface area contributed by atoms with E-state index in [1.165, 1.54) is 11.8 Å². The molecule has 3 aromatic rings. The van der Waals surface area contributed by atoms with E-state index in [2.05, 4.69) is 17.2 Å². The summed E-state index contributed by atoms with van der Waals surface area (Å²) < 4.78 is 6.88. The molecule has 0 aliphatic rings. The van der Waals surface area contributed by atoms with Gasteiger partial charge in [-0.3, -0.25) is 14.2 Å². The van der Waals surface area contributed by atoms with Crippen molar-refractivity contribution in [1.29, 1.82) is 0 Å². The highest BCUT2D eigenvalue weighted by Crippen LogP contribution is 2.21. The second kappa shape index (κ2) is 11.2. The van der Waals surface area contributed by atoms with Gasteiger partial charge in [0.05, 0.1) is 23.8 Å². The molecule has 0 atom stereocenters. The number of amides is 1. The molecule has 0 aliphatic carbocycles. The van der Waals surface area contributed by atoms with Gasteiger partial charge in [-0.05, 0) is 42.3 Å². The molecule has 8 heteroatoms. The van der Waals surface area contributed by atoms with Crippen molar-refractivity contribution in [3.05, 3.63) is 63.4 Å². The molecule has 6 nitrogen and oxygen atoms in total. The van der Waals surface area contributed by atoms with Gasteiger partial charge in [0.15, 0.2) is 5.16 Å². The summed E-state index contributed by atoms with van der Waals surface area (Å²) in [6.45, 7) is 3.10. The van der Waals surface area contributed by atoms with Crippen LogP contribution in [0.2, 0.25) is 5.02 Å². The third-order valence-corrected chi connectivity index (χ3v) is 6.04. The van der Waals surface area contributed by atoms with E-state index < -0.39 is 0 Å². The third kappa shape index (κ3) is 6.24. The first-order valence-electron chi connectivity index (χ1n) is 10.2. The monoisotopic (exact) mass is 459 g/mol. The van der Waals surface area contributed by atoms with Crippen LogP contribution in [0, 0.1) is 0 Å². The number of hydrogen-bond acceptors (Lipinski definition) is 5. The fourth-order valence-electron chi connectivity index (χ4n) is 3.17. The molecule has 0 saturated carbocycles. The Kier molecular flexibility index (Phi) is 8.37. The summed E-state index contributed by atoms with van der Waals surface area (Å²) in [4.78, 5) is 30.1. The zero-order valence-corrected chi connectivity index (χ0v) is 19.3. The minimum absolute atomic E-state index is 0.0999. The molecule has 164 valence electrons. The SMILES string of the molecule is CCCCCn1c(SCC(=O)NCc2cccc(OC)c2)nc2cc(Cl)ccc2c1=O. The number of carbonyl (C=O) groups is 1. The Morgan fingerprint density at radius 1 is 1.23 bits per heavy atom. The first-order chi connectivity index (χ1) is 15.0. The molecule has 3 rings (SSSR count). The Hall–Kier alpha value is -2.51. The van der Waals surface area contributed by atoms with Gasteiger partial charge in [-0.15, -0.1) is 0 Å². The number of hydrogen-bond donors (Lipinski definition) is 1. The lowest BCUT2D eigenvalue weighted by atomic mass is 10.2. The fraction of sp³-hybridized carbons (Fsp3) is 0.348. The van der Waals surface area contributed by atoms with Gasteiger partial charge in [-0.25, -0.2) is 4.98 Å². The second-order valence-corrected chi connectivity index (χ2v) is 8.52. The second-order valence-electron chi connectivity index (χ2n) is 7.14. The summed E-state index contributed by atoms with van der Waals surface area (Å²) in [6, 6.07) is 12.6. The van der Waals surface area contributed by atoms with Crippen LogP contribution in [0.1, 0.15) is 31.7 Å². The molecule has 2 aromatic carbocycles. The lowest BCUT2D eigenvalue weighted by Crippen LogP contribution is -2.27. The molecule has 0 unspecified atom stereocenters. The minimum Gasteiger partial charge on any atom is -0.497 e. The Morgan fingerprint density at radius 2 is 2.06 bits per heavy atom.